The van der Waals surface area contributed by atoms with E-state index in [4.69, 9.17) is 11.6 Å². The van der Waals surface area contributed by atoms with E-state index in [2.05, 4.69) is 22.3 Å². The third kappa shape index (κ3) is 2.44. The molecule has 0 aliphatic carbocycles. The van der Waals surface area contributed by atoms with Crippen LogP contribution < -0.4 is 5.32 Å². The van der Waals surface area contributed by atoms with Crippen molar-refractivity contribution in [2.75, 3.05) is 26.2 Å². The largest absolute Gasteiger partial charge is 0.315 e. The molecule has 1 aromatic rings. The number of Topliss-reactive ketones (excluding diaryl/α,β-unsaturated/α-hetero) is 1. The summed E-state index contributed by atoms with van der Waals surface area (Å²) >= 11 is 5.88. The van der Waals surface area contributed by atoms with Crippen LogP contribution in [0.4, 0.5) is 0 Å². The molecule has 2 bridgehead atoms. The van der Waals surface area contributed by atoms with Gasteiger partial charge in [-0.3, -0.25) is 9.69 Å². The molecule has 0 spiro atoms. The normalized spacial score (nSPS) is 28.4. The van der Waals surface area contributed by atoms with E-state index in [1.807, 2.05) is 12.1 Å². The smallest absolute Gasteiger partial charge is 0.144 e. The van der Waals surface area contributed by atoms with E-state index in [-0.39, 0.29) is 11.8 Å². The van der Waals surface area contributed by atoms with E-state index in [1.54, 1.807) is 0 Å². The Bertz CT molecular complexity index is 430. The predicted molar refractivity (Wildman–Crippen MR) is 71.6 cm³/mol. The monoisotopic (exact) mass is 264 g/mol. The maximum absolute atomic E-state index is 12.0. The highest BCUT2D eigenvalue weighted by molar-refractivity contribution is 6.30. The minimum atomic E-state index is 0.185. The molecule has 2 heterocycles. The van der Waals surface area contributed by atoms with E-state index >= 15 is 0 Å². The Morgan fingerprint density at radius 3 is 2.39 bits per heavy atom. The van der Waals surface area contributed by atoms with Crippen molar-refractivity contribution in [3.05, 3.63) is 34.9 Å². The summed E-state index contributed by atoms with van der Waals surface area (Å²) in [7, 11) is 0. The van der Waals surface area contributed by atoms with Crippen molar-refractivity contribution in [3.63, 3.8) is 0 Å². The van der Waals surface area contributed by atoms with Crippen LogP contribution in [0.25, 0.3) is 0 Å². The first-order chi connectivity index (χ1) is 8.72. The molecule has 96 valence electrons. The lowest BCUT2D eigenvalue weighted by Gasteiger charge is -2.40. The summed E-state index contributed by atoms with van der Waals surface area (Å²) in [6.45, 7) is 4.35. The van der Waals surface area contributed by atoms with Crippen molar-refractivity contribution in [1.29, 1.82) is 0 Å². The van der Waals surface area contributed by atoms with E-state index in [9.17, 15) is 4.79 Å². The van der Waals surface area contributed by atoms with Crippen LogP contribution in [-0.4, -0.2) is 36.9 Å². The summed E-state index contributed by atoms with van der Waals surface area (Å²) in [5.41, 5.74) is 1.26. The lowest BCUT2D eigenvalue weighted by Crippen LogP contribution is -2.56. The van der Waals surface area contributed by atoms with Crippen molar-refractivity contribution in [3.8, 4) is 0 Å². The van der Waals surface area contributed by atoms with Gasteiger partial charge in [0.15, 0.2) is 0 Å². The number of carbonyl (C=O) groups is 1. The molecule has 2 aliphatic heterocycles. The van der Waals surface area contributed by atoms with Gasteiger partial charge in [0.1, 0.15) is 5.78 Å². The summed E-state index contributed by atoms with van der Waals surface area (Å²) in [4.78, 5) is 14.4. The molecule has 0 saturated carbocycles. The second-order valence-corrected chi connectivity index (χ2v) is 5.71. The van der Waals surface area contributed by atoms with Crippen LogP contribution in [0.5, 0.6) is 0 Å². The molecule has 3 nitrogen and oxygen atoms in total. The molecule has 2 aliphatic rings. The minimum absolute atomic E-state index is 0.185. The first-order valence-corrected chi connectivity index (χ1v) is 6.81. The Kier molecular flexibility index (Phi) is 3.37. The van der Waals surface area contributed by atoms with Gasteiger partial charge in [0.2, 0.25) is 0 Å². The summed E-state index contributed by atoms with van der Waals surface area (Å²) < 4.78 is 0. The van der Waals surface area contributed by atoms with Gasteiger partial charge in [-0.15, -0.1) is 0 Å². The van der Waals surface area contributed by atoms with Gasteiger partial charge < -0.3 is 5.32 Å². The fraction of sp³-hybridized carbons (Fsp3) is 0.500. The van der Waals surface area contributed by atoms with Crippen LogP contribution in [0.3, 0.4) is 0 Å². The molecule has 2 saturated heterocycles. The lowest BCUT2D eigenvalue weighted by molar-refractivity contribution is -0.133. The summed E-state index contributed by atoms with van der Waals surface area (Å²) in [6.07, 6.45) is 0. The number of hydrogen-bond acceptors (Lipinski definition) is 3. The highest BCUT2D eigenvalue weighted by Gasteiger charge is 2.37. The molecule has 2 atom stereocenters. The molecule has 2 fully saturated rings. The first kappa shape index (κ1) is 12.2. The molecular formula is C14H17ClN2O. The molecule has 0 radical (unpaired) electrons. The van der Waals surface area contributed by atoms with Crippen molar-refractivity contribution >= 4 is 17.4 Å². The molecule has 18 heavy (non-hydrogen) atoms. The minimum Gasteiger partial charge on any atom is -0.315 e. The van der Waals surface area contributed by atoms with E-state index < -0.39 is 0 Å². The van der Waals surface area contributed by atoms with Crippen LogP contribution >= 0.6 is 11.6 Å². The summed E-state index contributed by atoms with van der Waals surface area (Å²) in [5, 5.41) is 4.12. The van der Waals surface area contributed by atoms with Crippen molar-refractivity contribution < 1.29 is 4.79 Å². The number of rotatable bonds is 2. The van der Waals surface area contributed by atoms with Crippen molar-refractivity contribution in [2.45, 2.75) is 6.54 Å². The Labute approximate surface area is 112 Å². The van der Waals surface area contributed by atoms with Crippen molar-refractivity contribution in [1.82, 2.24) is 10.2 Å². The number of benzene rings is 1. The Hall–Kier alpha value is -0.900. The van der Waals surface area contributed by atoms with Crippen molar-refractivity contribution in [2.24, 2.45) is 11.8 Å². The number of piperidine rings is 2. The molecule has 3 rings (SSSR count). The van der Waals surface area contributed by atoms with Crippen LogP contribution in [0.15, 0.2) is 24.3 Å². The topological polar surface area (TPSA) is 32.3 Å². The third-order valence-corrected chi connectivity index (χ3v) is 4.11. The zero-order valence-corrected chi connectivity index (χ0v) is 11.0. The molecule has 0 amide bonds. The van der Waals surface area contributed by atoms with Crippen LogP contribution in [-0.2, 0) is 11.3 Å². The first-order valence-electron chi connectivity index (χ1n) is 6.43. The van der Waals surface area contributed by atoms with Gasteiger partial charge in [0.25, 0.3) is 0 Å². The zero-order valence-electron chi connectivity index (χ0n) is 10.2. The quantitative estimate of drug-likeness (QED) is 0.880. The molecular weight excluding hydrogens is 248 g/mol. The fourth-order valence-electron chi connectivity index (χ4n) is 2.95. The average Bonchev–Trinajstić information content (AvgIpc) is 2.33. The van der Waals surface area contributed by atoms with Gasteiger partial charge in [0, 0.05) is 49.6 Å². The van der Waals surface area contributed by atoms with Gasteiger partial charge in [-0.25, -0.2) is 0 Å². The van der Waals surface area contributed by atoms with E-state index in [1.165, 1.54) is 5.56 Å². The van der Waals surface area contributed by atoms with Gasteiger partial charge in [0.05, 0.1) is 0 Å². The van der Waals surface area contributed by atoms with E-state index in [0.29, 0.717) is 5.78 Å². The van der Waals surface area contributed by atoms with Crippen LogP contribution in [0.2, 0.25) is 5.02 Å². The molecule has 1 N–H and O–H groups in total. The highest BCUT2D eigenvalue weighted by Crippen LogP contribution is 2.23. The second-order valence-electron chi connectivity index (χ2n) is 5.28. The Morgan fingerprint density at radius 2 is 1.78 bits per heavy atom. The number of ketones is 1. The summed E-state index contributed by atoms with van der Waals surface area (Å²) in [6, 6.07) is 7.97. The lowest BCUT2D eigenvalue weighted by atomic mass is 9.84. The standard InChI is InChI=1S/C14H17ClN2O/c15-13-3-1-10(2-4-13)7-17-8-11-5-16-6-12(9-17)14(11)18/h1-4,11-12,16H,5-9H2. The zero-order chi connectivity index (χ0) is 12.5. The Balaban J connectivity index is 1.67. The fourth-order valence-corrected chi connectivity index (χ4v) is 3.08. The average molecular weight is 265 g/mol. The van der Waals surface area contributed by atoms with Gasteiger partial charge in [-0.2, -0.15) is 0 Å². The number of halogens is 1. The van der Waals surface area contributed by atoms with Crippen LogP contribution in [0.1, 0.15) is 5.56 Å². The van der Waals surface area contributed by atoms with Gasteiger partial charge in [-0.05, 0) is 17.7 Å². The molecule has 4 heteroatoms. The summed E-state index contributed by atoms with van der Waals surface area (Å²) in [5.74, 6) is 0.829. The molecule has 1 aromatic carbocycles. The maximum atomic E-state index is 12.0. The highest BCUT2D eigenvalue weighted by atomic mass is 35.5. The SMILES string of the molecule is O=C1C2CNCC1CN(Cc1ccc(Cl)cc1)C2. The van der Waals surface area contributed by atoms with Crippen LogP contribution in [0, 0.1) is 11.8 Å². The molecule has 2 unspecified atom stereocenters. The van der Waals surface area contributed by atoms with Gasteiger partial charge in [-0.1, -0.05) is 23.7 Å². The maximum Gasteiger partial charge on any atom is 0.144 e. The number of nitrogens with one attached hydrogen (secondary N) is 1. The second kappa shape index (κ2) is 5.00. The third-order valence-electron chi connectivity index (χ3n) is 3.86. The number of likely N-dealkylation sites (tertiary alicyclic amines) is 1. The number of hydrogen-bond donors (Lipinski definition) is 1. The van der Waals surface area contributed by atoms with E-state index in [0.717, 1.165) is 37.7 Å². The number of nitrogens with zero attached hydrogens (tertiary/aromatic N) is 1. The molecule has 0 aromatic heterocycles. The van der Waals surface area contributed by atoms with Gasteiger partial charge >= 0.3 is 0 Å². The predicted octanol–water partition coefficient (Wildman–Crippen LogP) is 1.56. The number of carbonyl (C=O) groups excluding carboxylic acids is 1. The number of fused-ring (bicyclic) bond motifs is 2. The Morgan fingerprint density at radius 1 is 1.17 bits per heavy atom.